The van der Waals surface area contributed by atoms with Crippen molar-refractivity contribution in [2.45, 2.75) is 65.7 Å². The van der Waals surface area contributed by atoms with Crippen molar-refractivity contribution in [3.63, 3.8) is 0 Å². The van der Waals surface area contributed by atoms with Gasteiger partial charge in [-0.15, -0.1) is 0 Å². The Kier molecular flexibility index (Phi) is 7.63. The van der Waals surface area contributed by atoms with Gasteiger partial charge in [0.2, 0.25) is 0 Å². The highest BCUT2D eigenvalue weighted by Crippen LogP contribution is 2.32. The van der Waals surface area contributed by atoms with Gasteiger partial charge in [0, 0.05) is 0 Å². The van der Waals surface area contributed by atoms with Crippen molar-refractivity contribution < 1.29 is 4.79 Å². The highest BCUT2D eigenvalue weighted by Gasteiger charge is 2.21. The van der Waals surface area contributed by atoms with Gasteiger partial charge in [-0.25, -0.2) is 0 Å². The molecule has 0 aliphatic heterocycles. The maximum Gasteiger partial charge on any atom is 0.141 e. The van der Waals surface area contributed by atoms with Gasteiger partial charge in [0.15, 0.2) is 0 Å². The quantitative estimate of drug-likeness (QED) is 0.361. The van der Waals surface area contributed by atoms with Crippen LogP contribution in [0.15, 0.2) is 66.7 Å². The van der Waals surface area contributed by atoms with Crippen molar-refractivity contribution in [1.82, 2.24) is 0 Å². The molecule has 0 heterocycles. The fraction of sp³-hybridized carbons (Fsp3) is 0.345. The van der Waals surface area contributed by atoms with Gasteiger partial charge >= 0.3 is 0 Å². The molecule has 0 aliphatic carbocycles. The molecule has 3 rings (SSSR count). The molecule has 0 saturated heterocycles. The summed E-state index contributed by atoms with van der Waals surface area (Å²) in [5.41, 5.74) is 8.52. The second kappa shape index (κ2) is 10.4. The monoisotopic (exact) mass is 398 g/mol. The van der Waals surface area contributed by atoms with Crippen molar-refractivity contribution in [1.29, 1.82) is 0 Å². The van der Waals surface area contributed by atoms with Gasteiger partial charge in [-0.2, -0.15) is 0 Å². The van der Waals surface area contributed by atoms with E-state index in [1.165, 1.54) is 47.1 Å². The zero-order valence-corrected chi connectivity index (χ0v) is 18.9. The van der Waals surface area contributed by atoms with Gasteiger partial charge in [0.1, 0.15) is 5.78 Å². The van der Waals surface area contributed by atoms with Gasteiger partial charge in [-0.3, -0.25) is 4.79 Å². The molecular formula is C29H34O. The largest absolute Gasteiger partial charge is 0.299 e. The minimum Gasteiger partial charge on any atom is -0.299 e. The van der Waals surface area contributed by atoms with Crippen LogP contribution in [0.1, 0.15) is 73.8 Å². The molecule has 1 unspecified atom stereocenters. The van der Waals surface area contributed by atoms with Crippen LogP contribution in [0, 0.1) is 6.92 Å². The Labute approximate surface area is 182 Å². The minimum atomic E-state index is -0.203. The molecule has 0 aliphatic rings. The number of hydrogen-bond donors (Lipinski definition) is 0. The molecular weight excluding hydrogens is 364 g/mol. The normalized spacial score (nSPS) is 12.0. The lowest BCUT2D eigenvalue weighted by Crippen LogP contribution is -2.12. The van der Waals surface area contributed by atoms with Crippen LogP contribution in [0.4, 0.5) is 0 Å². The fourth-order valence-corrected chi connectivity index (χ4v) is 4.22. The topological polar surface area (TPSA) is 17.1 Å². The third-order valence-electron chi connectivity index (χ3n) is 5.95. The molecule has 156 valence electrons. The van der Waals surface area contributed by atoms with E-state index in [-0.39, 0.29) is 11.7 Å². The van der Waals surface area contributed by atoms with Crippen molar-refractivity contribution in [3.05, 3.63) is 94.5 Å². The van der Waals surface area contributed by atoms with Crippen molar-refractivity contribution in [2.24, 2.45) is 0 Å². The van der Waals surface area contributed by atoms with E-state index in [0.29, 0.717) is 0 Å². The standard InChI is InChI=1S/C29H34O/c1-5-7-9-24-12-16-26(17-13-24)29(22(4)30)28-19-18-27(20-21(28)3)25-14-10-23(8-6-2)11-15-25/h10-20,29H,5-9H2,1-4H3. The maximum atomic E-state index is 12.6. The Morgan fingerprint density at radius 2 is 1.37 bits per heavy atom. The van der Waals surface area contributed by atoms with Gasteiger partial charge < -0.3 is 0 Å². The molecule has 0 aromatic heterocycles. The van der Waals surface area contributed by atoms with Crippen molar-refractivity contribution >= 4 is 5.78 Å². The summed E-state index contributed by atoms with van der Waals surface area (Å²) in [7, 11) is 0. The summed E-state index contributed by atoms with van der Waals surface area (Å²) in [6, 6.07) is 24.0. The lowest BCUT2D eigenvalue weighted by atomic mass is 9.84. The van der Waals surface area contributed by atoms with Crippen LogP contribution in [0.3, 0.4) is 0 Å². The summed E-state index contributed by atoms with van der Waals surface area (Å²) in [5, 5.41) is 0. The highest BCUT2D eigenvalue weighted by molar-refractivity contribution is 5.87. The number of aryl methyl sites for hydroxylation is 3. The molecule has 1 nitrogen and oxygen atoms in total. The number of ketones is 1. The Hall–Kier alpha value is -2.67. The lowest BCUT2D eigenvalue weighted by Gasteiger charge is -2.19. The lowest BCUT2D eigenvalue weighted by molar-refractivity contribution is -0.117. The van der Waals surface area contributed by atoms with E-state index in [0.717, 1.165) is 24.0 Å². The van der Waals surface area contributed by atoms with Crippen LogP contribution in [0.25, 0.3) is 11.1 Å². The summed E-state index contributed by atoms with van der Waals surface area (Å²) in [5.74, 6) is -0.0118. The maximum absolute atomic E-state index is 12.6. The van der Waals surface area contributed by atoms with E-state index in [2.05, 4.69) is 87.5 Å². The third kappa shape index (κ3) is 5.27. The van der Waals surface area contributed by atoms with E-state index in [1.54, 1.807) is 6.92 Å². The average Bonchev–Trinajstić information content (AvgIpc) is 2.75. The van der Waals surface area contributed by atoms with Gasteiger partial charge in [0.05, 0.1) is 5.92 Å². The first kappa shape index (κ1) is 22.0. The predicted octanol–water partition coefficient (Wildman–Crippen LogP) is 7.68. The number of carbonyl (C=O) groups is 1. The first-order chi connectivity index (χ1) is 14.5. The number of Topliss-reactive ketones (excluding diaryl/α,β-unsaturated/α-hetero) is 1. The molecule has 1 heteroatoms. The van der Waals surface area contributed by atoms with E-state index in [9.17, 15) is 4.79 Å². The van der Waals surface area contributed by atoms with Crippen LogP contribution in [0.5, 0.6) is 0 Å². The molecule has 30 heavy (non-hydrogen) atoms. The molecule has 0 fully saturated rings. The SMILES string of the molecule is CCCCc1ccc(C(C(C)=O)c2ccc(-c3ccc(CCC)cc3)cc2C)cc1. The number of unbranched alkanes of at least 4 members (excludes halogenated alkanes) is 1. The number of hydrogen-bond acceptors (Lipinski definition) is 1. The number of benzene rings is 3. The average molecular weight is 399 g/mol. The first-order valence-electron chi connectivity index (χ1n) is 11.3. The van der Waals surface area contributed by atoms with Crippen LogP contribution in [-0.2, 0) is 17.6 Å². The van der Waals surface area contributed by atoms with Crippen molar-refractivity contribution in [2.75, 3.05) is 0 Å². The fourth-order valence-electron chi connectivity index (χ4n) is 4.22. The Balaban J connectivity index is 1.87. The molecule has 3 aromatic rings. The van der Waals surface area contributed by atoms with Crippen molar-refractivity contribution in [3.8, 4) is 11.1 Å². The van der Waals surface area contributed by atoms with Crippen LogP contribution in [0.2, 0.25) is 0 Å². The third-order valence-corrected chi connectivity index (χ3v) is 5.95. The van der Waals surface area contributed by atoms with E-state index in [1.807, 2.05) is 0 Å². The molecule has 0 N–H and O–H groups in total. The molecule has 0 saturated carbocycles. The summed E-state index contributed by atoms with van der Waals surface area (Å²) >= 11 is 0. The first-order valence-corrected chi connectivity index (χ1v) is 11.3. The highest BCUT2D eigenvalue weighted by atomic mass is 16.1. The second-order valence-electron chi connectivity index (χ2n) is 8.41. The van der Waals surface area contributed by atoms with Crippen LogP contribution < -0.4 is 0 Å². The molecule has 0 amide bonds. The smallest absolute Gasteiger partial charge is 0.141 e. The Bertz CT molecular complexity index is 964. The minimum absolute atomic E-state index is 0.191. The Morgan fingerprint density at radius 1 is 0.767 bits per heavy atom. The molecule has 3 aromatic carbocycles. The van der Waals surface area contributed by atoms with E-state index in [4.69, 9.17) is 0 Å². The number of rotatable bonds is 9. The zero-order valence-electron chi connectivity index (χ0n) is 18.9. The van der Waals surface area contributed by atoms with Gasteiger partial charge in [-0.05, 0) is 72.1 Å². The summed E-state index contributed by atoms with van der Waals surface area (Å²) in [4.78, 5) is 12.6. The second-order valence-corrected chi connectivity index (χ2v) is 8.41. The van der Waals surface area contributed by atoms with Crippen LogP contribution >= 0.6 is 0 Å². The summed E-state index contributed by atoms with van der Waals surface area (Å²) < 4.78 is 0. The number of carbonyl (C=O) groups excluding carboxylic acids is 1. The van der Waals surface area contributed by atoms with E-state index < -0.39 is 0 Å². The Morgan fingerprint density at radius 3 is 1.93 bits per heavy atom. The van der Waals surface area contributed by atoms with Gasteiger partial charge in [-0.1, -0.05) is 93.4 Å². The van der Waals surface area contributed by atoms with Crippen LogP contribution in [-0.4, -0.2) is 5.78 Å². The van der Waals surface area contributed by atoms with E-state index >= 15 is 0 Å². The summed E-state index contributed by atoms with van der Waals surface area (Å²) in [6.45, 7) is 8.25. The van der Waals surface area contributed by atoms with Gasteiger partial charge in [0.25, 0.3) is 0 Å². The predicted molar refractivity (Wildman–Crippen MR) is 128 cm³/mol. The molecule has 1 atom stereocenters. The molecule has 0 bridgehead atoms. The summed E-state index contributed by atoms with van der Waals surface area (Å²) in [6.07, 6.45) is 5.79. The molecule has 0 spiro atoms. The zero-order chi connectivity index (χ0) is 21.5. The molecule has 0 radical (unpaired) electrons.